The molecular formula is C16H25FN2. The summed E-state index contributed by atoms with van der Waals surface area (Å²) in [6.45, 7) is 6.04. The number of rotatable bonds is 6. The molecular weight excluding hydrogens is 239 g/mol. The van der Waals surface area contributed by atoms with Crippen molar-refractivity contribution in [2.24, 2.45) is 5.92 Å². The first-order chi connectivity index (χ1) is 9.17. The number of halogens is 1. The third kappa shape index (κ3) is 3.08. The van der Waals surface area contributed by atoms with Crippen LogP contribution in [-0.4, -0.2) is 20.1 Å². The standard InChI is InChI=1S/C16H25FN2/c1-4-19(11-13-7-5-8-13)16-14(12(2)18-3)9-6-10-15(16)17/h6,9-10,12-13,18H,4-5,7-8,11H2,1-3H3. The van der Waals surface area contributed by atoms with Crippen LogP contribution in [0.4, 0.5) is 10.1 Å². The molecule has 0 amide bonds. The molecule has 1 aliphatic rings. The second kappa shape index (κ2) is 6.38. The second-order valence-corrected chi connectivity index (χ2v) is 5.52. The van der Waals surface area contributed by atoms with Crippen LogP contribution < -0.4 is 10.2 Å². The molecule has 1 aliphatic carbocycles. The Morgan fingerprint density at radius 1 is 1.42 bits per heavy atom. The maximum atomic E-state index is 14.3. The normalized spacial score (nSPS) is 17.1. The Morgan fingerprint density at radius 3 is 2.68 bits per heavy atom. The van der Waals surface area contributed by atoms with Crippen molar-refractivity contribution in [2.45, 2.75) is 39.2 Å². The van der Waals surface area contributed by atoms with E-state index in [0.29, 0.717) is 0 Å². The zero-order chi connectivity index (χ0) is 13.8. The van der Waals surface area contributed by atoms with Gasteiger partial charge in [0.2, 0.25) is 0 Å². The van der Waals surface area contributed by atoms with Gasteiger partial charge in [0.1, 0.15) is 5.82 Å². The minimum absolute atomic E-state index is 0.0965. The van der Waals surface area contributed by atoms with Gasteiger partial charge in [-0.3, -0.25) is 0 Å². The molecule has 0 saturated heterocycles. The molecule has 1 N–H and O–H groups in total. The van der Waals surface area contributed by atoms with Gasteiger partial charge < -0.3 is 10.2 Å². The molecule has 0 heterocycles. The van der Waals surface area contributed by atoms with Crippen molar-refractivity contribution >= 4 is 5.69 Å². The lowest BCUT2D eigenvalue weighted by molar-refractivity contribution is 0.317. The second-order valence-electron chi connectivity index (χ2n) is 5.52. The summed E-state index contributed by atoms with van der Waals surface area (Å²) in [6, 6.07) is 5.58. The molecule has 0 radical (unpaired) electrons. The Hall–Kier alpha value is -1.09. The van der Waals surface area contributed by atoms with Gasteiger partial charge in [-0.1, -0.05) is 18.6 Å². The average molecular weight is 264 g/mol. The van der Waals surface area contributed by atoms with E-state index in [0.717, 1.165) is 30.3 Å². The van der Waals surface area contributed by atoms with Crippen LogP contribution in [0.2, 0.25) is 0 Å². The summed E-state index contributed by atoms with van der Waals surface area (Å²) in [4.78, 5) is 2.21. The Balaban J connectivity index is 2.28. The largest absolute Gasteiger partial charge is 0.369 e. The van der Waals surface area contributed by atoms with Crippen LogP contribution in [0.3, 0.4) is 0 Å². The molecule has 1 aromatic rings. The topological polar surface area (TPSA) is 15.3 Å². The molecule has 1 unspecified atom stereocenters. The van der Waals surface area contributed by atoms with Gasteiger partial charge >= 0.3 is 0 Å². The van der Waals surface area contributed by atoms with Crippen molar-refractivity contribution in [3.63, 3.8) is 0 Å². The molecule has 3 heteroatoms. The maximum absolute atomic E-state index is 14.3. The van der Waals surface area contributed by atoms with Gasteiger partial charge in [0, 0.05) is 19.1 Å². The SMILES string of the molecule is CCN(CC1CCC1)c1c(F)cccc1C(C)NC. The number of hydrogen-bond donors (Lipinski definition) is 1. The summed E-state index contributed by atoms with van der Waals surface area (Å²) in [5, 5.41) is 3.22. The molecule has 1 fully saturated rings. The summed E-state index contributed by atoms with van der Waals surface area (Å²) < 4.78 is 14.3. The van der Waals surface area contributed by atoms with E-state index in [1.165, 1.54) is 19.3 Å². The fourth-order valence-corrected chi connectivity index (χ4v) is 2.74. The molecule has 1 saturated carbocycles. The maximum Gasteiger partial charge on any atom is 0.146 e. The minimum atomic E-state index is -0.0965. The Bertz CT molecular complexity index is 415. The number of para-hydroxylation sites is 1. The van der Waals surface area contributed by atoms with E-state index < -0.39 is 0 Å². The van der Waals surface area contributed by atoms with Crippen molar-refractivity contribution in [3.05, 3.63) is 29.6 Å². The van der Waals surface area contributed by atoms with Crippen LogP contribution in [0, 0.1) is 11.7 Å². The zero-order valence-corrected chi connectivity index (χ0v) is 12.2. The first-order valence-corrected chi connectivity index (χ1v) is 7.38. The van der Waals surface area contributed by atoms with Crippen LogP contribution >= 0.6 is 0 Å². The van der Waals surface area contributed by atoms with E-state index in [9.17, 15) is 4.39 Å². The molecule has 0 aliphatic heterocycles. The Morgan fingerprint density at radius 2 is 2.16 bits per heavy atom. The fraction of sp³-hybridized carbons (Fsp3) is 0.625. The lowest BCUT2D eigenvalue weighted by atomic mass is 9.85. The molecule has 0 bridgehead atoms. The summed E-state index contributed by atoms with van der Waals surface area (Å²) in [6.07, 6.45) is 3.92. The first-order valence-electron chi connectivity index (χ1n) is 7.38. The van der Waals surface area contributed by atoms with E-state index in [2.05, 4.69) is 24.1 Å². The highest BCUT2D eigenvalue weighted by atomic mass is 19.1. The molecule has 106 valence electrons. The average Bonchev–Trinajstić information content (AvgIpc) is 2.37. The van der Waals surface area contributed by atoms with E-state index in [1.54, 1.807) is 12.1 Å². The van der Waals surface area contributed by atoms with Crippen molar-refractivity contribution in [2.75, 3.05) is 25.0 Å². The summed E-state index contributed by atoms with van der Waals surface area (Å²) >= 11 is 0. The number of hydrogen-bond acceptors (Lipinski definition) is 2. The number of nitrogens with zero attached hydrogens (tertiary/aromatic N) is 1. The molecule has 19 heavy (non-hydrogen) atoms. The van der Waals surface area contributed by atoms with Gasteiger partial charge in [0.15, 0.2) is 0 Å². The van der Waals surface area contributed by atoms with Gasteiger partial charge in [-0.15, -0.1) is 0 Å². The molecule has 2 rings (SSSR count). The van der Waals surface area contributed by atoms with Crippen molar-refractivity contribution in [1.82, 2.24) is 5.32 Å². The van der Waals surface area contributed by atoms with E-state index >= 15 is 0 Å². The summed E-state index contributed by atoms with van der Waals surface area (Å²) in [5.41, 5.74) is 1.85. The summed E-state index contributed by atoms with van der Waals surface area (Å²) in [5.74, 6) is 0.651. The molecule has 1 atom stereocenters. The van der Waals surface area contributed by atoms with Crippen LogP contribution in [-0.2, 0) is 0 Å². The van der Waals surface area contributed by atoms with Crippen molar-refractivity contribution in [1.29, 1.82) is 0 Å². The summed E-state index contributed by atoms with van der Waals surface area (Å²) in [7, 11) is 1.92. The molecule has 0 spiro atoms. The Kier molecular flexibility index (Phi) is 4.81. The lowest BCUT2D eigenvalue weighted by Crippen LogP contribution is -2.34. The molecule has 2 nitrogen and oxygen atoms in total. The molecule has 1 aromatic carbocycles. The zero-order valence-electron chi connectivity index (χ0n) is 12.2. The van der Waals surface area contributed by atoms with Gasteiger partial charge in [0.25, 0.3) is 0 Å². The van der Waals surface area contributed by atoms with E-state index in [4.69, 9.17) is 0 Å². The van der Waals surface area contributed by atoms with E-state index in [-0.39, 0.29) is 11.9 Å². The van der Waals surface area contributed by atoms with Gasteiger partial charge in [-0.2, -0.15) is 0 Å². The monoisotopic (exact) mass is 264 g/mol. The van der Waals surface area contributed by atoms with E-state index in [1.807, 2.05) is 13.1 Å². The third-order valence-corrected chi connectivity index (χ3v) is 4.32. The highest BCUT2D eigenvalue weighted by Gasteiger charge is 2.24. The van der Waals surface area contributed by atoms with Crippen molar-refractivity contribution < 1.29 is 4.39 Å². The lowest BCUT2D eigenvalue weighted by Gasteiger charge is -2.35. The number of nitrogens with one attached hydrogen (secondary N) is 1. The highest BCUT2D eigenvalue weighted by Crippen LogP contribution is 2.33. The first kappa shape index (κ1) is 14.3. The van der Waals surface area contributed by atoms with Crippen LogP contribution in [0.15, 0.2) is 18.2 Å². The van der Waals surface area contributed by atoms with Crippen LogP contribution in [0.25, 0.3) is 0 Å². The predicted octanol–water partition coefficient (Wildman–Crippen LogP) is 3.73. The number of anilines is 1. The quantitative estimate of drug-likeness (QED) is 0.842. The molecule has 0 aromatic heterocycles. The highest BCUT2D eigenvalue weighted by molar-refractivity contribution is 5.56. The third-order valence-electron chi connectivity index (χ3n) is 4.32. The number of benzene rings is 1. The fourth-order valence-electron chi connectivity index (χ4n) is 2.74. The smallest absolute Gasteiger partial charge is 0.146 e. The minimum Gasteiger partial charge on any atom is -0.369 e. The van der Waals surface area contributed by atoms with Gasteiger partial charge in [0.05, 0.1) is 5.69 Å². The van der Waals surface area contributed by atoms with Gasteiger partial charge in [-0.25, -0.2) is 4.39 Å². The predicted molar refractivity (Wildman–Crippen MR) is 79.1 cm³/mol. The van der Waals surface area contributed by atoms with Crippen molar-refractivity contribution in [3.8, 4) is 0 Å². The van der Waals surface area contributed by atoms with Gasteiger partial charge in [-0.05, 0) is 51.3 Å². The van der Waals surface area contributed by atoms with Crippen LogP contribution in [0.1, 0.15) is 44.7 Å². The Labute approximate surface area is 116 Å². The van der Waals surface area contributed by atoms with Crippen LogP contribution in [0.5, 0.6) is 0 Å².